The van der Waals surface area contributed by atoms with Crippen LogP contribution in [0.4, 0.5) is 5.69 Å². The van der Waals surface area contributed by atoms with E-state index in [9.17, 15) is 14.9 Å². The second kappa shape index (κ2) is 9.36. The molecule has 2 aromatic carbocycles. The van der Waals surface area contributed by atoms with Crippen LogP contribution < -0.4 is 10.2 Å². The normalized spacial score (nSPS) is 10.9. The third kappa shape index (κ3) is 5.12. The van der Waals surface area contributed by atoms with E-state index in [1.807, 2.05) is 32.0 Å². The Kier molecular flexibility index (Phi) is 6.63. The van der Waals surface area contributed by atoms with Gasteiger partial charge in [0.25, 0.3) is 11.6 Å². The average molecular weight is 472 g/mol. The van der Waals surface area contributed by atoms with Gasteiger partial charge in [-0.05, 0) is 59.1 Å². The van der Waals surface area contributed by atoms with Gasteiger partial charge in [-0.1, -0.05) is 18.2 Å². The molecule has 1 N–H and O–H groups in total. The average Bonchev–Trinajstić information content (AvgIpc) is 3.16. The first-order chi connectivity index (χ1) is 14.3. The second-order valence-corrected chi connectivity index (χ2v) is 7.28. The lowest BCUT2D eigenvalue weighted by Crippen LogP contribution is -2.24. The molecule has 1 heterocycles. The number of carbonyl (C=O) groups excluding carboxylic acids is 1. The zero-order chi connectivity index (χ0) is 21.7. The zero-order valence-corrected chi connectivity index (χ0v) is 17.8. The van der Waals surface area contributed by atoms with Crippen LogP contribution in [0.25, 0.3) is 11.3 Å². The van der Waals surface area contributed by atoms with Crippen molar-refractivity contribution < 1.29 is 18.9 Å². The number of non-ortho nitro benzene ring substituents is 1. The lowest BCUT2D eigenvalue weighted by molar-refractivity contribution is -0.384. The summed E-state index contributed by atoms with van der Waals surface area (Å²) in [7, 11) is 0. The summed E-state index contributed by atoms with van der Waals surface area (Å²) in [5.74, 6) is 1.19. The predicted octanol–water partition coefficient (Wildman–Crippen LogP) is 4.76. The van der Waals surface area contributed by atoms with Crippen LogP contribution in [0.1, 0.15) is 16.9 Å². The monoisotopic (exact) mass is 471 g/mol. The van der Waals surface area contributed by atoms with Crippen molar-refractivity contribution in [3.63, 3.8) is 0 Å². The fourth-order valence-electron chi connectivity index (χ4n) is 2.75. The number of hydrogen-bond acceptors (Lipinski definition) is 6. The first kappa shape index (κ1) is 21.3. The highest BCUT2D eigenvalue weighted by molar-refractivity contribution is 9.10. The molecule has 0 aliphatic heterocycles. The van der Waals surface area contributed by atoms with Crippen molar-refractivity contribution in [2.75, 3.05) is 6.61 Å². The fraction of sp³-hybridized carbons (Fsp3) is 0.143. The lowest BCUT2D eigenvalue weighted by Gasteiger charge is -2.10. The molecule has 30 heavy (non-hydrogen) atoms. The standard InChI is InChI=1S/C21H18BrN3O5/c1-13-4-3-5-14(2)21(13)29-12-20(26)24-23-11-16-7-9-19(30-16)17-8-6-15(25(27)28)10-18(17)22/h3-11H,12H2,1-2H3,(H,24,26)/b23-11-. The SMILES string of the molecule is Cc1cccc(C)c1OCC(=O)N/N=C\c1ccc(-c2ccc([N+](=O)[O-])cc2Br)o1. The van der Waals surface area contributed by atoms with E-state index in [2.05, 4.69) is 26.5 Å². The summed E-state index contributed by atoms with van der Waals surface area (Å²) in [6.45, 7) is 3.66. The maximum absolute atomic E-state index is 11.9. The van der Waals surface area contributed by atoms with Gasteiger partial charge in [-0.2, -0.15) is 5.10 Å². The first-order valence-electron chi connectivity index (χ1n) is 8.90. The fourth-order valence-corrected chi connectivity index (χ4v) is 3.31. The van der Waals surface area contributed by atoms with Crippen molar-refractivity contribution in [1.82, 2.24) is 5.43 Å². The number of nitro benzene ring substituents is 1. The number of nitrogens with zero attached hydrogens (tertiary/aromatic N) is 2. The van der Waals surface area contributed by atoms with E-state index >= 15 is 0 Å². The molecule has 0 atom stereocenters. The molecule has 1 aromatic heterocycles. The molecule has 0 bridgehead atoms. The Hall–Kier alpha value is -3.46. The van der Waals surface area contributed by atoms with E-state index in [-0.39, 0.29) is 12.3 Å². The number of halogens is 1. The van der Waals surface area contributed by atoms with Crippen molar-refractivity contribution in [3.8, 4) is 17.1 Å². The molecule has 0 radical (unpaired) electrons. The molecule has 0 spiro atoms. The number of furan rings is 1. The van der Waals surface area contributed by atoms with E-state index in [0.29, 0.717) is 27.3 Å². The second-order valence-electron chi connectivity index (χ2n) is 6.43. The van der Waals surface area contributed by atoms with Crippen LogP contribution >= 0.6 is 15.9 Å². The van der Waals surface area contributed by atoms with E-state index in [1.54, 1.807) is 18.2 Å². The summed E-state index contributed by atoms with van der Waals surface area (Å²) in [4.78, 5) is 22.3. The van der Waals surface area contributed by atoms with Crippen LogP contribution in [0.15, 0.2) is 62.5 Å². The first-order valence-corrected chi connectivity index (χ1v) is 9.69. The highest BCUT2D eigenvalue weighted by atomic mass is 79.9. The number of aryl methyl sites for hydroxylation is 2. The van der Waals surface area contributed by atoms with Gasteiger partial charge in [-0.3, -0.25) is 14.9 Å². The molecule has 3 rings (SSSR count). The minimum atomic E-state index is -0.471. The zero-order valence-electron chi connectivity index (χ0n) is 16.2. The van der Waals surface area contributed by atoms with Crippen molar-refractivity contribution in [2.24, 2.45) is 5.10 Å². The van der Waals surface area contributed by atoms with Gasteiger partial charge < -0.3 is 9.15 Å². The molecule has 0 saturated heterocycles. The van der Waals surface area contributed by atoms with Gasteiger partial charge in [-0.25, -0.2) is 5.43 Å². The molecule has 0 unspecified atom stereocenters. The molecule has 0 aliphatic carbocycles. The minimum absolute atomic E-state index is 0.0233. The maximum atomic E-state index is 11.9. The van der Waals surface area contributed by atoms with Crippen LogP contribution in [0.2, 0.25) is 0 Å². The summed E-state index contributed by atoms with van der Waals surface area (Å²) in [6, 6.07) is 13.5. The number of rotatable bonds is 7. The van der Waals surface area contributed by atoms with Crippen molar-refractivity contribution in [2.45, 2.75) is 13.8 Å². The van der Waals surface area contributed by atoms with Crippen LogP contribution in [0.5, 0.6) is 5.75 Å². The Bertz CT molecular complexity index is 1100. The van der Waals surface area contributed by atoms with Crippen LogP contribution in [-0.2, 0) is 4.79 Å². The van der Waals surface area contributed by atoms with E-state index in [4.69, 9.17) is 9.15 Å². The van der Waals surface area contributed by atoms with Crippen molar-refractivity contribution in [3.05, 3.63) is 80.0 Å². The Morgan fingerprint density at radius 2 is 1.97 bits per heavy atom. The van der Waals surface area contributed by atoms with Crippen molar-refractivity contribution in [1.29, 1.82) is 0 Å². The van der Waals surface area contributed by atoms with Crippen LogP contribution in [0, 0.1) is 24.0 Å². The number of hydrazone groups is 1. The number of hydrogen-bond donors (Lipinski definition) is 1. The number of para-hydroxylation sites is 1. The number of benzene rings is 2. The Morgan fingerprint density at radius 1 is 1.23 bits per heavy atom. The summed E-state index contributed by atoms with van der Waals surface area (Å²) in [5.41, 5.74) is 4.92. The Morgan fingerprint density at radius 3 is 2.63 bits per heavy atom. The van der Waals surface area contributed by atoms with Gasteiger partial charge in [-0.15, -0.1) is 0 Å². The summed E-state index contributed by atoms with van der Waals surface area (Å²) < 4.78 is 11.8. The van der Waals surface area contributed by atoms with Gasteiger partial charge in [0.1, 0.15) is 17.3 Å². The highest BCUT2D eigenvalue weighted by Gasteiger charge is 2.13. The van der Waals surface area contributed by atoms with E-state index in [0.717, 1.165) is 11.1 Å². The molecule has 0 saturated carbocycles. The van der Waals surface area contributed by atoms with Gasteiger partial charge >= 0.3 is 0 Å². The molecule has 3 aromatic rings. The molecule has 0 aliphatic rings. The highest BCUT2D eigenvalue weighted by Crippen LogP contribution is 2.32. The molecule has 1 amide bonds. The summed E-state index contributed by atoms with van der Waals surface area (Å²) in [5, 5.41) is 14.7. The number of ether oxygens (including phenoxy) is 1. The number of nitro groups is 1. The Balaban J connectivity index is 1.58. The molecule has 0 fully saturated rings. The third-order valence-corrected chi connectivity index (χ3v) is 4.85. The number of nitrogens with one attached hydrogen (secondary N) is 1. The summed E-state index contributed by atoms with van der Waals surface area (Å²) in [6.07, 6.45) is 1.36. The van der Waals surface area contributed by atoms with E-state index < -0.39 is 10.8 Å². The maximum Gasteiger partial charge on any atom is 0.277 e. The Labute approximate surface area is 180 Å². The number of amides is 1. The topological polar surface area (TPSA) is 107 Å². The molecule has 8 nitrogen and oxygen atoms in total. The lowest BCUT2D eigenvalue weighted by atomic mass is 10.1. The van der Waals surface area contributed by atoms with Gasteiger partial charge in [0, 0.05) is 22.2 Å². The van der Waals surface area contributed by atoms with Gasteiger partial charge in [0.15, 0.2) is 6.61 Å². The van der Waals surface area contributed by atoms with Gasteiger partial charge in [0.05, 0.1) is 11.1 Å². The van der Waals surface area contributed by atoms with E-state index in [1.165, 1.54) is 18.3 Å². The third-order valence-electron chi connectivity index (χ3n) is 4.19. The summed E-state index contributed by atoms with van der Waals surface area (Å²) >= 11 is 3.31. The number of carbonyl (C=O) groups is 1. The smallest absolute Gasteiger partial charge is 0.277 e. The minimum Gasteiger partial charge on any atom is -0.483 e. The van der Waals surface area contributed by atoms with Crippen molar-refractivity contribution >= 4 is 33.7 Å². The van der Waals surface area contributed by atoms with Crippen LogP contribution in [-0.4, -0.2) is 23.7 Å². The quantitative estimate of drug-likeness (QED) is 0.303. The largest absolute Gasteiger partial charge is 0.483 e. The predicted molar refractivity (Wildman–Crippen MR) is 116 cm³/mol. The van der Waals surface area contributed by atoms with Gasteiger partial charge in [0.2, 0.25) is 0 Å². The van der Waals surface area contributed by atoms with Crippen LogP contribution in [0.3, 0.4) is 0 Å². The molecule has 9 heteroatoms. The molecular formula is C21H18BrN3O5. The molecule has 154 valence electrons. The molecular weight excluding hydrogens is 454 g/mol.